The molecule has 21 heavy (non-hydrogen) atoms. The van der Waals surface area contributed by atoms with Crippen molar-refractivity contribution in [3.8, 4) is 5.88 Å². The minimum absolute atomic E-state index is 0.283. The molecule has 0 saturated carbocycles. The largest absolute Gasteiger partial charge is 0.480 e. The Morgan fingerprint density at radius 2 is 2.19 bits per heavy atom. The van der Waals surface area contributed by atoms with Crippen molar-refractivity contribution < 1.29 is 24.4 Å². The second kappa shape index (κ2) is 5.57. The van der Waals surface area contributed by atoms with Gasteiger partial charge in [0.25, 0.3) is 0 Å². The first-order valence-electron chi connectivity index (χ1n) is 6.54. The molecule has 2 aromatic rings. The average Bonchev–Trinajstić information content (AvgIpc) is 3.07. The molecule has 2 aromatic heterocycles. The molecule has 1 aliphatic heterocycles. The molecule has 1 aliphatic rings. The predicted octanol–water partition coefficient (Wildman–Crippen LogP) is -0.295. The number of nitrogens with zero attached hydrogens (tertiary/aromatic N) is 3. The third-order valence-electron chi connectivity index (χ3n) is 3.72. The maximum Gasteiger partial charge on any atom is 0.225 e. The number of aliphatic hydroxyl groups is 2. The van der Waals surface area contributed by atoms with E-state index in [1.165, 1.54) is 20.5 Å². The van der Waals surface area contributed by atoms with Crippen molar-refractivity contribution in [2.24, 2.45) is 0 Å². The molecule has 2 unspecified atom stereocenters. The van der Waals surface area contributed by atoms with Gasteiger partial charge >= 0.3 is 0 Å². The second-order valence-electron chi connectivity index (χ2n) is 4.79. The molecule has 8 heteroatoms. The number of ether oxygens (including phenoxy) is 3. The van der Waals surface area contributed by atoms with Crippen LogP contribution < -0.4 is 4.74 Å². The Balaban J connectivity index is 2.07. The fraction of sp³-hybridized carbons (Fsp3) is 0.538. The monoisotopic (exact) mass is 295 g/mol. The molecular formula is C13H17N3O5. The topological polar surface area (TPSA) is 98.9 Å². The van der Waals surface area contributed by atoms with Gasteiger partial charge in [-0.15, -0.1) is 0 Å². The molecule has 114 valence electrons. The summed E-state index contributed by atoms with van der Waals surface area (Å²) in [6.07, 6.45) is 0.891. The third-order valence-corrected chi connectivity index (χ3v) is 3.72. The highest BCUT2D eigenvalue weighted by atomic mass is 16.7. The van der Waals surface area contributed by atoms with Gasteiger partial charge < -0.3 is 29.0 Å². The number of rotatable bonds is 4. The van der Waals surface area contributed by atoms with E-state index in [0.29, 0.717) is 11.5 Å². The zero-order chi connectivity index (χ0) is 15.0. The van der Waals surface area contributed by atoms with Gasteiger partial charge in [0, 0.05) is 13.3 Å². The van der Waals surface area contributed by atoms with E-state index in [4.69, 9.17) is 14.2 Å². The van der Waals surface area contributed by atoms with E-state index in [0.717, 1.165) is 5.39 Å². The van der Waals surface area contributed by atoms with Crippen LogP contribution in [-0.2, 0) is 9.47 Å². The molecule has 2 N–H and O–H groups in total. The second-order valence-corrected chi connectivity index (χ2v) is 4.79. The standard InChI is InChI=1S/C13H17N3O5/c1-19-12-7-3-4-16(11(7)14-6-15-12)9-10(18)8(5-17)21-13(9)20-2/h3-4,6,8-10,13,17-18H,5H2,1-2H3/t8-,9?,10?,13+/m1/s1. The molecule has 8 nitrogen and oxygen atoms in total. The van der Waals surface area contributed by atoms with Crippen molar-refractivity contribution >= 4 is 11.0 Å². The Morgan fingerprint density at radius 1 is 1.38 bits per heavy atom. The molecule has 0 bridgehead atoms. The summed E-state index contributed by atoms with van der Waals surface area (Å²) in [5.41, 5.74) is 0.607. The van der Waals surface area contributed by atoms with Gasteiger partial charge in [-0.3, -0.25) is 0 Å². The van der Waals surface area contributed by atoms with E-state index in [-0.39, 0.29) is 6.61 Å². The summed E-state index contributed by atoms with van der Waals surface area (Å²) in [6.45, 7) is -0.283. The number of methoxy groups -OCH3 is 2. The van der Waals surface area contributed by atoms with Crippen LogP contribution in [0.25, 0.3) is 11.0 Å². The quantitative estimate of drug-likeness (QED) is 0.799. The Hall–Kier alpha value is -1.74. The zero-order valence-corrected chi connectivity index (χ0v) is 11.7. The third kappa shape index (κ3) is 2.16. The van der Waals surface area contributed by atoms with E-state index in [2.05, 4.69) is 9.97 Å². The van der Waals surface area contributed by atoms with Crippen LogP contribution in [0.4, 0.5) is 0 Å². The predicted molar refractivity (Wildman–Crippen MR) is 71.9 cm³/mol. The smallest absolute Gasteiger partial charge is 0.225 e. The number of hydrogen-bond acceptors (Lipinski definition) is 7. The van der Waals surface area contributed by atoms with Gasteiger partial charge in [-0.1, -0.05) is 0 Å². The average molecular weight is 295 g/mol. The fourth-order valence-corrected chi connectivity index (χ4v) is 2.71. The summed E-state index contributed by atoms with van der Waals surface area (Å²) in [5, 5.41) is 20.3. The lowest BCUT2D eigenvalue weighted by Gasteiger charge is -2.21. The Bertz CT molecular complexity index is 629. The van der Waals surface area contributed by atoms with E-state index < -0.39 is 24.5 Å². The Kier molecular flexibility index (Phi) is 3.77. The van der Waals surface area contributed by atoms with Crippen molar-refractivity contribution in [2.45, 2.75) is 24.5 Å². The molecule has 3 rings (SSSR count). The van der Waals surface area contributed by atoms with E-state index >= 15 is 0 Å². The molecule has 1 fully saturated rings. The highest BCUT2D eigenvalue weighted by molar-refractivity contribution is 5.81. The van der Waals surface area contributed by atoms with Crippen molar-refractivity contribution in [1.29, 1.82) is 0 Å². The van der Waals surface area contributed by atoms with Gasteiger partial charge in [-0.25, -0.2) is 9.97 Å². The van der Waals surface area contributed by atoms with Crippen molar-refractivity contribution in [1.82, 2.24) is 14.5 Å². The number of hydrogen-bond donors (Lipinski definition) is 2. The molecule has 0 aliphatic carbocycles. The minimum atomic E-state index is -0.906. The molecular weight excluding hydrogens is 278 g/mol. The van der Waals surface area contributed by atoms with Gasteiger partial charge in [-0.2, -0.15) is 0 Å². The van der Waals surface area contributed by atoms with Crippen molar-refractivity contribution in [3.63, 3.8) is 0 Å². The summed E-state index contributed by atoms with van der Waals surface area (Å²) in [5.74, 6) is 0.458. The lowest BCUT2D eigenvalue weighted by atomic mass is 10.1. The first-order valence-corrected chi connectivity index (χ1v) is 6.54. The van der Waals surface area contributed by atoms with Crippen LogP contribution in [0.15, 0.2) is 18.6 Å². The maximum absolute atomic E-state index is 10.3. The molecule has 0 amide bonds. The first kappa shape index (κ1) is 14.2. The molecule has 0 aromatic carbocycles. The number of aliphatic hydroxyl groups excluding tert-OH is 2. The maximum atomic E-state index is 10.3. The van der Waals surface area contributed by atoms with Crippen LogP contribution in [0.2, 0.25) is 0 Å². The van der Waals surface area contributed by atoms with Crippen LogP contribution in [0.1, 0.15) is 6.04 Å². The Labute approximate surface area is 120 Å². The van der Waals surface area contributed by atoms with Gasteiger partial charge in [0.1, 0.15) is 30.2 Å². The minimum Gasteiger partial charge on any atom is -0.480 e. The SMILES string of the molecule is COc1ncnc2c1ccn2C1C(O)[C@@H](CO)O[C@@H]1OC. The zero-order valence-electron chi connectivity index (χ0n) is 11.7. The van der Waals surface area contributed by atoms with Crippen LogP contribution in [0.3, 0.4) is 0 Å². The summed E-state index contributed by atoms with van der Waals surface area (Å²) in [4.78, 5) is 8.28. The van der Waals surface area contributed by atoms with E-state index in [9.17, 15) is 10.2 Å². The van der Waals surface area contributed by atoms with Crippen LogP contribution >= 0.6 is 0 Å². The number of fused-ring (bicyclic) bond motifs is 1. The lowest BCUT2D eigenvalue weighted by Crippen LogP contribution is -2.32. The fourth-order valence-electron chi connectivity index (χ4n) is 2.71. The van der Waals surface area contributed by atoms with E-state index in [1.54, 1.807) is 16.8 Å². The van der Waals surface area contributed by atoms with Crippen LogP contribution in [0.5, 0.6) is 5.88 Å². The number of aromatic nitrogens is 3. The molecule has 0 spiro atoms. The first-order chi connectivity index (χ1) is 10.2. The molecule has 0 radical (unpaired) electrons. The Morgan fingerprint density at radius 3 is 2.86 bits per heavy atom. The van der Waals surface area contributed by atoms with Gasteiger partial charge in [-0.05, 0) is 6.07 Å². The molecule has 1 saturated heterocycles. The van der Waals surface area contributed by atoms with Crippen LogP contribution in [-0.4, -0.2) is 64.1 Å². The summed E-state index contributed by atoms with van der Waals surface area (Å²) in [7, 11) is 3.03. The molecule has 4 atom stereocenters. The van der Waals surface area contributed by atoms with Gasteiger partial charge in [0.15, 0.2) is 6.29 Å². The lowest BCUT2D eigenvalue weighted by molar-refractivity contribution is -0.136. The highest BCUT2D eigenvalue weighted by Crippen LogP contribution is 2.35. The normalized spacial score (nSPS) is 29.1. The van der Waals surface area contributed by atoms with Crippen LogP contribution in [0, 0.1) is 0 Å². The summed E-state index contributed by atoms with van der Waals surface area (Å²) < 4.78 is 17.7. The highest BCUT2D eigenvalue weighted by Gasteiger charge is 2.45. The molecule has 3 heterocycles. The van der Waals surface area contributed by atoms with E-state index in [1.807, 2.05) is 0 Å². The van der Waals surface area contributed by atoms with Crippen molar-refractivity contribution in [3.05, 3.63) is 18.6 Å². The summed E-state index contributed by atoms with van der Waals surface area (Å²) >= 11 is 0. The van der Waals surface area contributed by atoms with Crippen molar-refractivity contribution in [2.75, 3.05) is 20.8 Å². The van der Waals surface area contributed by atoms with Gasteiger partial charge in [0.2, 0.25) is 5.88 Å². The van der Waals surface area contributed by atoms with Gasteiger partial charge in [0.05, 0.1) is 19.1 Å². The summed E-state index contributed by atoms with van der Waals surface area (Å²) in [6, 6.07) is 1.30.